The maximum atomic E-state index is 13.5. The van der Waals surface area contributed by atoms with Gasteiger partial charge in [0.05, 0.1) is 17.5 Å². The molecule has 5 heteroatoms. The smallest absolute Gasteiger partial charge is 0.257 e. The number of aromatic nitrogens is 3. The summed E-state index contributed by atoms with van der Waals surface area (Å²) in [6.07, 6.45) is 3.35. The molecule has 0 bridgehead atoms. The van der Waals surface area contributed by atoms with Crippen molar-refractivity contribution in [2.75, 3.05) is 0 Å². The fourth-order valence-corrected chi connectivity index (χ4v) is 3.31. The summed E-state index contributed by atoms with van der Waals surface area (Å²) < 4.78 is 1.70. The second kappa shape index (κ2) is 8.52. The average Bonchev–Trinajstić information content (AvgIpc) is 3.16. The number of carbonyl (C=O) groups excluding carboxylic acids is 1. The van der Waals surface area contributed by atoms with Crippen molar-refractivity contribution in [2.45, 2.75) is 20.0 Å². The number of nitrogens with zero attached hydrogens (tertiary/aromatic N) is 4. The van der Waals surface area contributed by atoms with E-state index in [-0.39, 0.29) is 5.91 Å². The Bertz CT molecular complexity index is 1030. The summed E-state index contributed by atoms with van der Waals surface area (Å²) in [5, 5.41) is 4.41. The predicted molar refractivity (Wildman–Crippen MR) is 113 cm³/mol. The van der Waals surface area contributed by atoms with E-state index in [4.69, 9.17) is 0 Å². The van der Waals surface area contributed by atoms with Crippen molar-refractivity contribution in [1.29, 1.82) is 0 Å². The van der Waals surface area contributed by atoms with Crippen LogP contribution in [0.15, 0.2) is 91.3 Å². The summed E-state index contributed by atoms with van der Waals surface area (Å²) in [7, 11) is 0. The zero-order valence-corrected chi connectivity index (χ0v) is 16.3. The molecule has 0 aliphatic carbocycles. The van der Waals surface area contributed by atoms with E-state index in [0.717, 1.165) is 16.8 Å². The average molecular weight is 382 g/mol. The van der Waals surface area contributed by atoms with Gasteiger partial charge in [0, 0.05) is 19.3 Å². The Kier molecular flexibility index (Phi) is 5.47. The minimum Gasteiger partial charge on any atom is -0.330 e. The van der Waals surface area contributed by atoms with Crippen LogP contribution in [0, 0.1) is 6.92 Å². The van der Waals surface area contributed by atoms with Gasteiger partial charge in [0.25, 0.3) is 5.91 Å². The van der Waals surface area contributed by atoms with Gasteiger partial charge in [0.1, 0.15) is 0 Å². The van der Waals surface area contributed by atoms with Crippen LogP contribution in [0.4, 0.5) is 0 Å². The molecule has 1 amide bonds. The van der Waals surface area contributed by atoms with Crippen molar-refractivity contribution >= 4 is 5.91 Å². The molecule has 0 saturated heterocycles. The molecule has 4 rings (SSSR count). The summed E-state index contributed by atoms with van der Waals surface area (Å²) in [6.45, 7) is 2.96. The lowest BCUT2D eigenvalue weighted by molar-refractivity contribution is 0.0729. The van der Waals surface area contributed by atoms with Gasteiger partial charge in [-0.05, 0) is 30.2 Å². The van der Waals surface area contributed by atoms with Crippen LogP contribution in [0.5, 0.6) is 0 Å². The summed E-state index contributed by atoms with van der Waals surface area (Å²) in [4.78, 5) is 19.7. The molecular weight excluding hydrogens is 360 g/mol. The van der Waals surface area contributed by atoms with Gasteiger partial charge in [0.2, 0.25) is 0 Å². The van der Waals surface area contributed by atoms with Crippen molar-refractivity contribution in [3.05, 3.63) is 114 Å². The van der Waals surface area contributed by atoms with Crippen molar-refractivity contribution in [1.82, 2.24) is 19.7 Å². The van der Waals surface area contributed by atoms with E-state index in [1.807, 2.05) is 90.7 Å². The zero-order valence-electron chi connectivity index (χ0n) is 16.3. The first-order chi connectivity index (χ1) is 14.2. The molecule has 5 nitrogen and oxygen atoms in total. The van der Waals surface area contributed by atoms with Crippen molar-refractivity contribution < 1.29 is 4.79 Å². The minimum atomic E-state index is -0.0441. The number of pyridine rings is 1. The van der Waals surface area contributed by atoms with Crippen LogP contribution in [-0.2, 0) is 13.1 Å². The first-order valence-electron chi connectivity index (χ1n) is 9.55. The molecule has 0 saturated carbocycles. The molecule has 2 aromatic heterocycles. The standard InChI is InChI=1S/C24H22N4O/c1-19-22(16-26-28(19)23-14-8-9-15-25-23)24(29)27(17-20-10-4-2-5-11-20)18-21-12-6-3-7-13-21/h2-16H,17-18H2,1H3. The molecular formula is C24H22N4O. The summed E-state index contributed by atoms with van der Waals surface area (Å²) >= 11 is 0. The Morgan fingerprint density at radius 3 is 2.00 bits per heavy atom. The molecule has 2 heterocycles. The van der Waals surface area contributed by atoms with E-state index >= 15 is 0 Å². The van der Waals surface area contributed by atoms with Gasteiger partial charge in [-0.1, -0.05) is 66.7 Å². The van der Waals surface area contributed by atoms with Crippen LogP contribution in [0.3, 0.4) is 0 Å². The molecule has 144 valence electrons. The number of amides is 1. The molecule has 0 aliphatic heterocycles. The number of benzene rings is 2. The Labute approximate surface area is 170 Å². The lowest BCUT2D eigenvalue weighted by Crippen LogP contribution is -2.30. The highest BCUT2D eigenvalue weighted by Crippen LogP contribution is 2.18. The van der Waals surface area contributed by atoms with Crippen LogP contribution >= 0.6 is 0 Å². The van der Waals surface area contributed by atoms with Crippen LogP contribution in [-0.4, -0.2) is 25.6 Å². The zero-order chi connectivity index (χ0) is 20.1. The van der Waals surface area contributed by atoms with Crippen LogP contribution in [0.25, 0.3) is 5.82 Å². The first-order valence-corrected chi connectivity index (χ1v) is 9.55. The van der Waals surface area contributed by atoms with Crippen molar-refractivity contribution in [3.8, 4) is 5.82 Å². The van der Waals surface area contributed by atoms with E-state index < -0.39 is 0 Å². The lowest BCUT2D eigenvalue weighted by atomic mass is 10.1. The summed E-state index contributed by atoms with van der Waals surface area (Å²) in [5.41, 5.74) is 3.54. The third-order valence-corrected chi connectivity index (χ3v) is 4.83. The van der Waals surface area contributed by atoms with Gasteiger partial charge < -0.3 is 4.90 Å². The molecule has 0 atom stereocenters. The maximum Gasteiger partial charge on any atom is 0.257 e. The van der Waals surface area contributed by atoms with Crippen LogP contribution < -0.4 is 0 Å². The highest BCUT2D eigenvalue weighted by atomic mass is 16.2. The first kappa shape index (κ1) is 18.6. The van der Waals surface area contributed by atoms with Crippen molar-refractivity contribution in [3.63, 3.8) is 0 Å². The molecule has 0 spiro atoms. The molecule has 2 aromatic carbocycles. The molecule has 0 fully saturated rings. The molecule has 0 radical (unpaired) electrons. The molecule has 0 N–H and O–H groups in total. The predicted octanol–water partition coefficient (Wildman–Crippen LogP) is 4.42. The van der Waals surface area contributed by atoms with E-state index in [9.17, 15) is 4.79 Å². The second-order valence-electron chi connectivity index (χ2n) is 6.88. The molecule has 0 aliphatic rings. The minimum absolute atomic E-state index is 0.0441. The topological polar surface area (TPSA) is 51.0 Å². The largest absolute Gasteiger partial charge is 0.330 e. The fourth-order valence-electron chi connectivity index (χ4n) is 3.31. The second-order valence-corrected chi connectivity index (χ2v) is 6.88. The van der Waals surface area contributed by atoms with Crippen LogP contribution in [0.2, 0.25) is 0 Å². The van der Waals surface area contributed by atoms with Gasteiger partial charge in [-0.15, -0.1) is 0 Å². The SMILES string of the molecule is Cc1c(C(=O)N(Cc2ccccc2)Cc2ccccc2)cnn1-c1ccccn1. The monoisotopic (exact) mass is 382 g/mol. The Balaban J connectivity index is 1.65. The Morgan fingerprint density at radius 1 is 0.862 bits per heavy atom. The van der Waals surface area contributed by atoms with Gasteiger partial charge >= 0.3 is 0 Å². The lowest BCUT2D eigenvalue weighted by Gasteiger charge is -2.23. The van der Waals surface area contributed by atoms with Gasteiger partial charge in [0.15, 0.2) is 5.82 Å². The summed E-state index contributed by atoms with van der Waals surface area (Å²) in [5.74, 6) is 0.652. The van der Waals surface area contributed by atoms with Gasteiger partial charge in [-0.3, -0.25) is 4.79 Å². The highest BCUT2D eigenvalue weighted by molar-refractivity contribution is 5.95. The van der Waals surface area contributed by atoms with Gasteiger partial charge in [-0.2, -0.15) is 5.10 Å². The van der Waals surface area contributed by atoms with E-state index in [0.29, 0.717) is 24.5 Å². The van der Waals surface area contributed by atoms with E-state index in [1.165, 1.54) is 0 Å². The third-order valence-electron chi connectivity index (χ3n) is 4.83. The quantitative estimate of drug-likeness (QED) is 0.496. The van der Waals surface area contributed by atoms with Crippen LogP contribution in [0.1, 0.15) is 27.2 Å². The molecule has 29 heavy (non-hydrogen) atoms. The number of carbonyl (C=O) groups is 1. The molecule has 4 aromatic rings. The Hall–Kier alpha value is -3.73. The van der Waals surface area contributed by atoms with Crippen molar-refractivity contribution in [2.24, 2.45) is 0 Å². The highest BCUT2D eigenvalue weighted by Gasteiger charge is 2.22. The third kappa shape index (κ3) is 4.24. The normalized spacial score (nSPS) is 10.7. The number of hydrogen-bond donors (Lipinski definition) is 0. The van der Waals surface area contributed by atoms with Gasteiger partial charge in [-0.25, -0.2) is 9.67 Å². The summed E-state index contributed by atoms with van der Waals surface area (Å²) in [6, 6.07) is 25.7. The number of rotatable bonds is 6. The van der Waals surface area contributed by atoms with E-state index in [1.54, 1.807) is 17.1 Å². The Morgan fingerprint density at radius 2 is 1.45 bits per heavy atom. The maximum absolute atomic E-state index is 13.5. The molecule has 0 unspecified atom stereocenters. The number of hydrogen-bond acceptors (Lipinski definition) is 3. The van der Waals surface area contributed by atoms with E-state index in [2.05, 4.69) is 10.1 Å². The fraction of sp³-hybridized carbons (Fsp3) is 0.125.